The fourth-order valence-corrected chi connectivity index (χ4v) is 0.844. The van der Waals surface area contributed by atoms with E-state index >= 15 is 0 Å². The van der Waals surface area contributed by atoms with E-state index in [9.17, 15) is 4.79 Å². The van der Waals surface area contributed by atoms with Crippen LogP contribution in [0.5, 0.6) is 0 Å². The van der Waals surface area contributed by atoms with E-state index < -0.39 is 5.97 Å². The average molecular weight is 214 g/mol. The Bertz CT molecular complexity index is 202. The summed E-state index contributed by atoms with van der Waals surface area (Å²) < 4.78 is 0. The molecule has 0 fully saturated rings. The molecule has 0 atom stereocenters. The van der Waals surface area contributed by atoms with Crippen LogP contribution in [0.2, 0.25) is 0 Å². The highest BCUT2D eigenvalue weighted by Gasteiger charge is 2.00. The van der Waals surface area contributed by atoms with Crippen molar-refractivity contribution in [2.45, 2.75) is 0 Å². The van der Waals surface area contributed by atoms with Crippen molar-refractivity contribution < 1.29 is 9.90 Å². The zero-order valence-corrected chi connectivity index (χ0v) is 7.66. The van der Waals surface area contributed by atoms with E-state index in [1.165, 1.54) is 22.2 Å². The molecule has 0 bridgehead atoms. The first-order valence-electron chi connectivity index (χ1n) is 2.45. The molecular formula is C5H5Cl2NO2S. The maximum Gasteiger partial charge on any atom is 0.355 e. The molecule has 0 aliphatic rings. The van der Waals surface area contributed by atoms with Gasteiger partial charge in [-0.3, -0.25) is 0 Å². The van der Waals surface area contributed by atoms with Crippen LogP contribution in [-0.4, -0.2) is 21.4 Å². The lowest BCUT2D eigenvalue weighted by atomic mass is 10.5. The maximum atomic E-state index is 10.0. The third kappa shape index (κ3) is 5.01. The van der Waals surface area contributed by atoms with Crippen LogP contribution >= 0.6 is 34.5 Å². The van der Waals surface area contributed by atoms with Crippen molar-refractivity contribution in [3.05, 3.63) is 16.6 Å². The second-order valence-corrected chi connectivity index (χ2v) is 2.81. The highest BCUT2D eigenvalue weighted by atomic mass is 35.5. The normalized spacial score (nSPS) is 8.18. The summed E-state index contributed by atoms with van der Waals surface area (Å²) in [6.45, 7) is 0. The van der Waals surface area contributed by atoms with Crippen LogP contribution in [0, 0.1) is 0 Å². The molecule has 1 aromatic heterocycles. The highest BCUT2D eigenvalue weighted by Crippen LogP contribution is 1.98. The van der Waals surface area contributed by atoms with Crippen LogP contribution in [0.25, 0.3) is 0 Å². The zero-order valence-electron chi connectivity index (χ0n) is 5.33. The van der Waals surface area contributed by atoms with Gasteiger partial charge in [0.2, 0.25) is 0 Å². The van der Waals surface area contributed by atoms with Crippen molar-refractivity contribution >= 4 is 40.5 Å². The number of carboxylic acids is 1. The molecule has 0 spiro atoms. The van der Waals surface area contributed by atoms with Crippen LogP contribution in [0.15, 0.2) is 10.9 Å². The smallest absolute Gasteiger partial charge is 0.355 e. The van der Waals surface area contributed by atoms with Gasteiger partial charge in [-0.25, -0.2) is 9.78 Å². The SMILES string of the molecule is ClCCl.O=C(O)c1cscn1. The number of aromatic carboxylic acids is 1. The van der Waals surface area contributed by atoms with Crippen LogP contribution < -0.4 is 0 Å². The van der Waals surface area contributed by atoms with Gasteiger partial charge in [0, 0.05) is 5.38 Å². The van der Waals surface area contributed by atoms with Crippen LogP contribution in [0.3, 0.4) is 0 Å². The topological polar surface area (TPSA) is 50.2 Å². The van der Waals surface area contributed by atoms with E-state index in [-0.39, 0.29) is 11.0 Å². The molecule has 1 N–H and O–H groups in total. The molecule has 1 heterocycles. The summed E-state index contributed by atoms with van der Waals surface area (Å²) in [5, 5.41) is 9.90. The van der Waals surface area contributed by atoms with Gasteiger partial charge in [-0.1, -0.05) is 0 Å². The van der Waals surface area contributed by atoms with E-state index in [1.807, 2.05) is 0 Å². The highest BCUT2D eigenvalue weighted by molar-refractivity contribution is 7.07. The molecule has 0 radical (unpaired) electrons. The van der Waals surface area contributed by atoms with Crippen molar-refractivity contribution in [1.82, 2.24) is 4.98 Å². The molecule has 0 saturated carbocycles. The lowest BCUT2D eigenvalue weighted by Gasteiger charge is -1.77. The molecule has 1 rings (SSSR count). The first-order valence-corrected chi connectivity index (χ1v) is 4.47. The van der Waals surface area contributed by atoms with Gasteiger partial charge in [0.25, 0.3) is 0 Å². The van der Waals surface area contributed by atoms with E-state index in [0.29, 0.717) is 0 Å². The van der Waals surface area contributed by atoms with E-state index in [0.717, 1.165) is 0 Å². The van der Waals surface area contributed by atoms with Gasteiger partial charge in [0.15, 0.2) is 5.69 Å². The summed E-state index contributed by atoms with van der Waals surface area (Å²) in [6, 6.07) is 0. The van der Waals surface area contributed by atoms with Crippen LogP contribution in [0.1, 0.15) is 10.5 Å². The predicted octanol–water partition coefficient (Wildman–Crippen LogP) is 2.26. The van der Waals surface area contributed by atoms with E-state index in [2.05, 4.69) is 4.98 Å². The predicted molar refractivity (Wildman–Crippen MR) is 45.6 cm³/mol. The van der Waals surface area contributed by atoms with Crippen LogP contribution in [-0.2, 0) is 0 Å². The first kappa shape index (κ1) is 10.7. The third-order valence-corrected chi connectivity index (χ3v) is 1.24. The minimum atomic E-state index is -0.966. The third-order valence-electron chi connectivity index (χ3n) is 0.651. The molecule has 6 heteroatoms. The van der Waals surface area contributed by atoms with Gasteiger partial charge in [0.05, 0.1) is 10.8 Å². The van der Waals surface area contributed by atoms with Gasteiger partial charge < -0.3 is 5.11 Å². The Labute approximate surface area is 77.6 Å². The number of hydrogen-bond donors (Lipinski definition) is 1. The van der Waals surface area contributed by atoms with Gasteiger partial charge in [-0.15, -0.1) is 34.5 Å². The summed E-state index contributed by atoms with van der Waals surface area (Å²) in [7, 11) is 0. The minimum absolute atomic E-state index is 0.120. The Hall–Kier alpha value is -0.320. The van der Waals surface area contributed by atoms with Crippen molar-refractivity contribution in [1.29, 1.82) is 0 Å². The number of carboxylic acid groups (broad SMARTS) is 1. The maximum absolute atomic E-state index is 10.0. The fourth-order valence-electron chi connectivity index (χ4n) is 0.318. The number of hydrogen-bond acceptors (Lipinski definition) is 3. The van der Waals surface area contributed by atoms with E-state index in [4.69, 9.17) is 28.3 Å². The number of nitrogens with zero attached hydrogens (tertiary/aromatic N) is 1. The molecule has 0 saturated heterocycles. The number of alkyl halides is 2. The monoisotopic (exact) mass is 213 g/mol. The van der Waals surface area contributed by atoms with Gasteiger partial charge in [-0.05, 0) is 0 Å². The Morgan fingerprint density at radius 2 is 2.27 bits per heavy atom. The quantitative estimate of drug-likeness (QED) is 0.729. The Morgan fingerprint density at radius 3 is 2.45 bits per heavy atom. The second kappa shape index (κ2) is 6.39. The molecule has 11 heavy (non-hydrogen) atoms. The molecule has 3 nitrogen and oxygen atoms in total. The number of thiazole rings is 1. The lowest BCUT2D eigenvalue weighted by molar-refractivity contribution is 0.0691. The molecule has 62 valence electrons. The number of rotatable bonds is 1. The summed E-state index contributed by atoms with van der Waals surface area (Å²) in [4.78, 5) is 13.5. The summed E-state index contributed by atoms with van der Waals surface area (Å²) in [5.41, 5.74) is 1.61. The molecule has 0 aliphatic carbocycles. The standard InChI is InChI=1S/C4H3NO2S.CH2Cl2/c6-4(7)3-1-8-2-5-3;2-1-3/h1-2H,(H,6,7);1H2. The molecule has 0 aromatic carbocycles. The fraction of sp³-hybridized carbons (Fsp3) is 0.200. The van der Waals surface area contributed by atoms with E-state index in [1.54, 1.807) is 0 Å². The average Bonchev–Trinajstić information content (AvgIpc) is 2.38. The summed E-state index contributed by atoms with van der Waals surface area (Å²) in [5.74, 6) is -0.966. The lowest BCUT2D eigenvalue weighted by Crippen LogP contribution is -1.94. The second-order valence-electron chi connectivity index (χ2n) is 1.28. The zero-order chi connectivity index (χ0) is 8.69. The first-order chi connectivity index (χ1) is 5.22. The molecule has 0 amide bonds. The Morgan fingerprint density at radius 1 is 1.73 bits per heavy atom. The Kier molecular flexibility index (Phi) is 6.21. The van der Waals surface area contributed by atoms with Gasteiger partial charge >= 0.3 is 5.97 Å². The van der Waals surface area contributed by atoms with Gasteiger partial charge in [-0.2, -0.15) is 0 Å². The molecular weight excluding hydrogens is 209 g/mol. The van der Waals surface area contributed by atoms with Crippen molar-refractivity contribution in [3.8, 4) is 0 Å². The van der Waals surface area contributed by atoms with Crippen molar-refractivity contribution in [3.63, 3.8) is 0 Å². The number of halogens is 2. The van der Waals surface area contributed by atoms with Crippen molar-refractivity contribution in [2.75, 3.05) is 5.34 Å². The molecule has 0 aliphatic heterocycles. The summed E-state index contributed by atoms with van der Waals surface area (Å²) in [6.07, 6.45) is 0. The minimum Gasteiger partial charge on any atom is -0.476 e. The van der Waals surface area contributed by atoms with Crippen LogP contribution in [0.4, 0.5) is 0 Å². The Balaban J connectivity index is 0.000000292. The number of carbonyl (C=O) groups is 1. The summed E-state index contributed by atoms with van der Waals surface area (Å²) >= 11 is 10.8. The largest absolute Gasteiger partial charge is 0.476 e. The van der Waals surface area contributed by atoms with Gasteiger partial charge in [0.1, 0.15) is 0 Å². The molecule has 0 unspecified atom stereocenters. The van der Waals surface area contributed by atoms with Crippen molar-refractivity contribution in [2.24, 2.45) is 0 Å². The molecule has 1 aromatic rings. The number of aromatic nitrogens is 1.